The highest BCUT2D eigenvalue weighted by molar-refractivity contribution is 7.94. The Bertz CT molecular complexity index is 1560. The van der Waals surface area contributed by atoms with Crippen LogP contribution in [-0.4, -0.2) is 18.2 Å². The third-order valence-corrected chi connectivity index (χ3v) is 6.75. The van der Waals surface area contributed by atoms with E-state index in [1.807, 2.05) is 65.8 Å². The topological polar surface area (TPSA) is 142 Å². The Balaban J connectivity index is 0.00000138. The Morgan fingerprint density at radius 2 is 1.14 bits per heavy atom. The summed E-state index contributed by atoms with van der Waals surface area (Å²) < 4.78 is 39.1. The molecule has 0 aliphatic heterocycles. The normalized spacial score (nSPS) is 10.9. The summed E-state index contributed by atoms with van der Waals surface area (Å²) in [5.41, 5.74) is 2.62. The van der Waals surface area contributed by atoms with Crippen LogP contribution in [0, 0.1) is 13.8 Å². The minimum absolute atomic E-state index is 0.00162. The molecular formula is C30H38N4O6S2. The summed E-state index contributed by atoms with van der Waals surface area (Å²) in [5, 5.41) is 30.5. The van der Waals surface area contributed by atoms with Crippen LogP contribution in [0.4, 0.5) is 22.7 Å². The summed E-state index contributed by atoms with van der Waals surface area (Å²) in [4.78, 5) is -0.0198. The van der Waals surface area contributed by atoms with Gasteiger partial charge in [0, 0.05) is 0 Å². The number of azo groups is 2. The molecule has 0 spiro atoms. The van der Waals surface area contributed by atoms with Gasteiger partial charge in [0.1, 0.15) is 16.3 Å². The zero-order chi connectivity index (χ0) is 31.7. The SMILES string of the molecule is CC.CC.CC.Cc1c(N=Nc2ccccc2)c(SOOO)cc2cc(S(=O)(=O)O)c(N=Nc3ccccc3)c(C)c12. The Morgan fingerprint density at radius 3 is 1.60 bits per heavy atom. The fourth-order valence-electron chi connectivity index (χ4n) is 3.69. The van der Waals surface area contributed by atoms with Gasteiger partial charge in [-0.05, 0) is 72.1 Å². The van der Waals surface area contributed by atoms with Crippen molar-refractivity contribution in [1.29, 1.82) is 0 Å². The maximum absolute atomic E-state index is 12.3. The predicted molar refractivity (Wildman–Crippen MR) is 169 cm³/mol. The van der Waals surface area contributed by atoms with Gasteiger partial charge in [-0.15, -0.1) is 14.6 Å². The molecule has 226 valence electrons. The lowest BCUT2D eigenvalue weighted by Gasteiger charge is -2.15. The van der Waals surface area contributed by atoms with Gasteiger partial charge in [-0.1, -0.05) is 83.0 Å². The lowest BCUT2D eigenvalue weighted by molar-refractivity contribution is -0.432. The van der Waals surface area contributed by atoms with Crippen molar-refractivity contribution in [3.05, 3.63) is 83.9 Å². The molecule has 0 aromatic heterocycles. The predicted octanol–water partition coefficient (Wildman–Crippen LogP) is 11.0. The zero-order valence-electron chi connectivity index (χ0n) is 25.1. The van der Waals surface area contributed by atoms with Crippen molar-refractivity contribution < 1.29 is 27.6 Å². The molecule has 42 heavy (non-hydrogen) atoms. The van der Waals surface area contributed by atoms with Gasteiger partial charge >= 0.3 is 0 Å². The second-order valence-corrected chi connectivity index (χ2v) is 9.70. The number of aryl methyl sites for hydroxylation is 2. The van der Waals surface area contributed by atoms with Crippen LogP contribution in [0.2, 0.25) is 0 Å². The van der Waals surface area contributed by atoms with Crippen LogP contribution in [0.3, 0.4) is 0 Å². The highest BCUT2D eigenvalue weighted by Crippen LogP contribution is 2.44. The summed E-state index contributed by atoms with van der Waals surface area (Å²) >= 11 is 0.662. The lowest BCUT2D eigenvalue weighted by atomic mass is 9.98. The molecule has 0 bridgehead atoms. The molecule has 0 amide bonds. The lowest BCUT2D eigenvalue weighted by Crippen LogP contribution is -2.01. The molecule has 0 saturated heterocycles. The number of nitrogens with zero attached hydrogens (tertiary/aromatic N) is 4. The third kappa shape index (κ3) is 9.79. The summed E-state index contributed by atoms with van der Waals surface area (Å²) in [6.07, 6.45) is 0. The van der Waals surface area contributed by atoms with E-state index in [4.69, 9.17) is 5.26 Å². The molecule has 4 aromatic carbocycles. The van der Waals surface area contributed by atoms with Crippen LogP contribution >= 0.6 is 12.0 Å². The zero-order valence-corrected chi connectivity index (χ0v) is 26.7. The number of hydrogen-bond donors (Lipinski definition) is 2. The van der Waals surface area contributed by atoms with Crippen LogP contribution in [0.5, 0.6) is 0 Å². The van der Waals surface area contributed by atoms with E-state index in [-0.39, 0.29) is 5.69 Å². The number of fused-ring (bicyclic) bond motifs is 1. The molecule has 4 aromatic rings. The molecule has 0 aliphatic rings. The van der Waals surface area contributed by atoms with Gasteiger partial charge in [-0.3, -0.25) is 4.55 Å². The van der Waals surface area contributed by atoms with Crippen molar-refractivity contribution in [2.45, 2.75) is 65.2 Å². The fourth-order valence-corrected chi connectivity index (χ4v) is 4.96. The van der Waals surface area contributed by atoms with Crippen LogP contribution < -0.4 is 0 Å². The molecular weight excluding hydrogens is 576 g/mol. The molecule has 0 radical (unpaired) electrons. The van der Waals surface area contributed by atoms with Gasteiger partial charge in [0.2, 0.25) is 0 Å². The molecule has 0 aliphatic carbocycles. The van der Waals surface area contributed by atoms with E-state index < -0.39 is 15.0 Å². The molecule has 10 nitrogen and oxygen atoms in total. The Kier molecular flexibility index (Phi) is 16.4. The van der Waals surface area contributed by atoms with E-state index in [9.17, 15) is 13.0 Å². The number of benzene rings is 4. The first-order valence-corrected chi connectivity index (χ1v) is 15.6. The Hall–Kier alpha value is -3.52. The van der Waals surface area contributed by atoms with Crippen molar-refractivity contribution in [3.8, 4) is 0 Å². The van der Waals surface area contributed by atoms with Crippen LogP contribution in [-0.2, 0) is 19.5 Å². The maximum atomic E-state index is 12.3. The van der Waals surface area contributed by atoms with Gasteiger partial charge in [0.05, 0.1) is 28.3 Å². The summed E-state index contributed by atoms with van der Waals surface area (Å²) in [6, 6.07) is 20.8. The first kappa shape index (κ1) is 36.5. The maximum Gasteiger partial charge on any atom is 0.296 e. The summed E-state index contributed by atoms with van der Waals surface area (Å²) in [5.74, 6) is 0. The second kappa shape index (κ2) is 18.8. The van der Waals surface area contributed by atoms with E-state index in [1.165, 1.54) is 6.07 Å². The largest absolute Gasteiger partial charge is 0.296 e. The molecule has 4 rings (SSSR count). The monoisotopic (exact) mass is 614 g/mol. The van der Waals surface area contributed by atoms with Gasteiger partial charge in [-0.25, -0.2) is 5.26 Å². The van der Waals surface area contributed by atoms with Gasteiger partial charge in [0.25, 0.3) is 10.1 Å². The Labute approximate surface area is 252 Å². The fraction of sp³-hybridized carbons (Fsp3) is 0.267. The highest BCUT2D eigenvalue weighted by atomic mass is 32.2. The smallest absolute Gasteiger partial charge is 0.282 e. The van der Waals surface area contributed by atoms with Gasteiger partial charge in [-0.2, -0.15) is 18.6 Å². The van der Waals surface area contributed by atoms with Crippen molar-refractivity contribution in [3.63, 3.8) is 0 Å². The van der Waals surface area contributed by atoms with Crippen molar-refractivity contribution in [1.82, 2.24) is 0 Å². The molecule has 0 atom stereocenters. The molecule has 0 unspecified atom stereocenters. The first-order valence-electron chi connectivity index (χ1n) is 13.5. The standard InChI is InChI=1S/C24H20N4O6S2.3C2H6/c1-15-22-16(2)24(28-26-19-11-7-4-8-12-19)21(36(30,31)32)14-17(22)13-20(35-34-33-29)23(15)27-25-18-9-5-3-6-10-18;3*1-2/h3-14,29H,1-2H3,(H,30,31,32);3*1-2H3. The van der Waals surface area contributed by atoms with E-state index in [2.05, 4.69) is 29.8 Å². The third-order valence-electron chi connectivity index (χ3n) is 5.26. The van der Waals surface area contributed by atoms with Gasteiger partial charge < -0.3 is 0 Å². The van der Waals surface area contributed by atoms with Crippen molar-refractivity contribution >= 4 is 55.7 Å². The van der Waals surface area contributed by atoms with E-state index in [1.54, 1.807) is 56.3 Å². The second-order valence-electron chi connectivity index (χ2n) is 7.57. The average molecular weight is 615 g/mol. The van der Waals surface area contributed by atoms with Crippen molar-refractivity contribution in [2.75, 3.05) is 0 Å². The van der Waals surface area contributed by atoms with E-state index in [0.717, 1.165) is 0 Å². The minimum Gasteiger partial charge on any atom is -0.282 e. The molecule has 0 fully saturated rings. The quantitative estimate of drug-likeness (QED) is 0.0660. The Morgan fingerprint density at radius 1 is 0.690 bits per heavy atom. The van der Waals surface area contributed by atoms with Crippen LogP contribution in [0.1, 0.15) is 52.7 Å². The van der Waals surface area contributed by atoms with Crippen molar-refractivity contribution in [2.24, 2.45) is 20.5 Å². The molecule has 12 heteroatoms. The van der Waals surface area contributed by atoms with Gasteiger partial charge in [0.15, 0.2) is 0 Å². The minimum atomic E-state index is -4.65. The van der Waals surface area contributed by atoms with Crippen LogP contribution in [0.25, 0.3) is 10.8 Å². The molecule has 2 N–H and O–H groups in total. The number of rotatable bonds is 8. The molecule has 0 heterocycles. The van der Waals surface area contributed by atoms with Crippen LogP contribution in [0.15, 0.2) is 103 Å². The van der Waals surface area contributed by atoms with E-state index >= 15 is 0 Å². The van der Waals surface area contributed by atoms with E-state index in [0.29, 0.717) is 55.9 Å². The number of hydrogen-bond acceptors (Lipinski definition) is 10. The average Bonchev–Trinajstić information content (AvgIpc) is 3.02. The summed E-state index contributed by atoms with van der Waals surface area (Å²) in [6.45, 7) is 15.5. The highest BCUT2D eigenvalue weighted by Gasteiger charge is 2.23. The summed E-state index contributed by atoms with van der Waals surface area (Å²) in [7, 11) is -4.65. The first-order chi connectivity index (χ1) is 20.3. The molecule has 0 saturated carbocycles.